The third-order valence-electron chi connectivity index (χ3n) is 2.77. The van der Waals surface area contributed by atoms with Crippen LogP contribution in [0.1, 0.15) is 26.5 Å². The van der Waals surface area contributed by atoms with Crippen LogP contribution in [0.25, 0.3) is 0 Å². The summed E-state index contributed by atoms with van der Waals surface area (Å²) >= 11 is 0. The molecule has 0 aliphatic rings. The molecule has 7 nitrogen and oxygen atoms in total. The summed E-state index contributed by atoms with van der Waals surface area (Å²) in [6.45, 7) is 2.02. The first kappa shape index (κ1) is 13.8. The van der Waals surface area contributed by atoms with Crippen molar-refractivity contribution in [2.24, 2.45) is 5.84 Å². The molecule has 0 unspecified atom stereocenters. The van der Waals surface area contributed by atoms with Crippen molar-refractivity contribution in [1.29, 1.82) is 0 Å². The zero-order valence-corrected chi connectivity index (χ0v) is 10.9. The zero-order chi connectivity index (χ0) is 14.5. The van der Waals surface area contributed by atoms with E-state index in [-0.39, 0.29) is 23.7 Å². The summed E-state index contributed by atoms with van der Waals surface area (Å²) in [5.74, 6) is 4.15. The SMILES string of the molecule is Cc1ccc(NCC(=O)c2nc[nH]c2C(=O)NN)cc1. The molecule has 5 N–H and O–H groups in total. The number of nitrogens with one attached hydrogen (secondary N) is 3. The fourth-order valence-corrected chi connectivity index (χ4v) is 1.69. The summed E-state index contributed by atoms with van der Waals surface area (Å²) in [7, 11) is 0. The number of Topliss-reactive ketones (excluding diaryl/α,β-unsaturated/α-hetero) is 1. The summed E-state index contributed by atoms with van der Waals surface area (Å²) in [4.78, 5) is 29.9. The van der Waals surface area contributed by atoms with E-state index in [1.54, 1.807) is 0 Å². The Morgan fingerprint density at radius 1 is 1.30 bits per heavy atom. The Morgan fingerprint density at radius 3 is 2.65 bits per heavy atom. The van der Waals surface area contributed by atoms with E-state index in [2.05, 4.69) is 15.3 Å². The predicted octanol–water partition coefficient (Wildman–Crippen LogP) is 0.616. The lowest BCUT2D eigenvalue weighted by atomic mass is 10.2. The second-order valence-electron chi connectivity index (χ2n) is 4.24. The van der Waals surface area contributed by atoms with E-state index < -0.39 is 5.91 Å². The van der Waals surface area contributed by atoms with Gasteiger partial charge in [0.1, 0.15) is 11.4 Å². The third kappa shape index (κ3) is 3.01. The number of anilines is 1. The minimum atomic E-state index is -0.582. The number of hydrazine groups is 1. The lowest BCUT2D eigenvalue weighted by molar-refractivity contribution is 0.0932. The highest BCUT2D eigenvalue weighted by atomic mass is 16.2. The largest absolute Gasteiger partial charge is 0.378 e. The second-order valence-corrected chi connectivity index (χ2v) is 4.24. The molecule has 0 saturated heterocycles. The van der Waals surface area contributed by atoms with Gasteiger partial charge in [-0.3, -0.25) is 15.0 Å². The number of aryl methyl sites for hydroxylation is 1. The summed E-state index contributed by atoms with van der Waals surface area (Å²) in [6.07, 6.45) is 1.28. The first-order valence-corrected chi connectivity index (χ1v) is 6.00. The van der Waals surface area contributed by atoms with E-state index >= 15 is 0 Å². The Labute approximate surface area is 115 Å². The van der Waals surface area contributed by atoms with Gasteiger partial charge in [0.2, 0.25) is 5.78 Å². The van der Waals surface area contributed by atoms with Crippen LogP contribution >= 0.6 is 0 Å². The van der Waals surface area contributed by atoms with Gasteiger partial charge >= 0.3 is 0 Å². The van der Waals surface area contributed by atoms with Crippen molar-refractivity contribution < 1.29 is 9.59 Å². The minimum absolute atomic E-state index is 0.0404. The van der Waals surface area contributed by atoms with Crippen LogP contribution in [0.4, 0.5) is 5.69 Å². The molecule has 20 heavy (non-hydrogen) atoms. The van der Waals surface area contributed by atoms with Crippen molar-refractivity contribution in [2.75, 3.05) is 11.9 Å². The molecule has 7 heteroatoms. The van der Waals surface area contributed by atoms with Crippen LogP contribution < -0.4 is 16.6 Å². The van der Waals surface area contributed by atoms with Crippen molar-refractivity contribution in [3.05, 3.63) is 47.5 Å². The Morgan fingerprint density at radius 2 is 2.00 bits per heavy atom. The van der Waals surface area contributed by atoms with Crippen LogP contribution in [0, 0.1) is 6.92 Å². The number of imidazole rings is 1. The highest BCUT2D eigenvalue weighted by Gasteiger charge is 2.19. The maximum Gasteiger partial charge on any atom is 0.284 e. The maximum atomic E-state index is 12.0. The Kier molecular flexibility index (Phi) is 4.11. The second kappa shape index (κ2) is 5.98. The highest BCUT2D eigenvalue weighted by molar-refractivity contribution is 6.06. The average molecular weight is 273 g/mol. The molecule has 1 aromatic heterocycles. The number of rotatable bonds is 5. The smallest absolute Gasteiger partial charge is 0.284 e. The molecule has 2 rings (SSSR count). The number of amides is 1. The van der Waals surface area contributed by atoms with Gasteiger partial charge in [-0.1, -0.05) is 17.7 Å². The standard InChI is InChI=1S/C13H15N5O2/c1-8-2-4-9(5-3-8)15-6-10(19)11-12(13(20)18-14)17-7-16-11/h2-5,7,15H,6,14H2,1H3,(H,16,17)(H,18,20). The molecular weight excluding hydrogens is 258 g/mol. The number of carbonyl (C=O) groups excluding carboxylic acids is 2. The van der Waals surface area contributed by atoms with Crippen molar-refractivity contribution in [3.63, 3.8) is 0 Å². The Balaban J connectivity index is 2.04. The molecule has 0 aliphatic carbocycles. The molecule has 104 valence electrons. The number of nitrogens with two attached hydrogens (primary N) is 1. The van der Waals surface area contributed by atoms with Gasteiger partial charge in [0.25, 0.3) is 5.91 Å². The fourth-order valence-electron chi connectivity index (χ4n) is 1.69. The summed E-state index contributed by atoms with van der Waals surface area (Å²) in [5.41, 5.74) is 4.04. The van der Waals surface area contributed by atoms with E-state index in [1.807, 2.05) is 36.6 Å². The molecule has 1 amide bonds. The van der Waals surface area contributed by atoms with Crippen molar-refractivity contribution >= 4 is 17.4 Å². The lowest BCUT2D eigenvalue weighted by Gasteiger charge is -2.05. The third-order valence-corrected chi connectivity index (χ3v) is 2.77. The lowest BCUT2D eigenvalue weighted by Crippen LogP contribution is -2.32. The van der Waals surface area contributed by atoms with Crippen LogP contribution in [-0.2, 0) is 0 Å². The number of hydrogen-bond donors (Lipinski definition) is 4. The number of nitrogens with zero attached hydrogens (tertiary/aromatic N) is 1. The number of carbonyl (C=O) groups is 2. The Bertz CT molecular complexity index is 618. The van der Waals surface area contributed by atoms with Crippen molar-refractivity contribution in [1.82, 2.24) is 15.4 Å². The number of H-pyrrole nitrogens is 1. The van der Waals surface area contributed by atoms with E-state index in [4.69, 9.17) is 5.84 Å². The first-order chi connectivity index (χ1) is 9.61. The quantitative estimate of drug-likeness (QED) is 0.276. The number of nitrogen functional groups attached to an aromatic ring is 1. The molecule has 0 radical (unpaired) electrons. The van der Waals surface area contributed by atoms with Crippen LogP contribution in [0.15, 0.2) is 30.6 Å². The topological polar surface area (TPSA) is 113 Å². The van der Waals surface area contributed by atoms with Crippen molar-refractivity contribution in [2.45, 2.75) is 6.92 Å². The van der Waals surface area contributed by atoms with Crippen LogP contribution in [0.2, 0.25) is 0 Å². The summed E-state index contributed by atoms with van der Waals surface area (Å²) < 4.78 is 0. The maximum absolute atomic E-state index is 12.0. The van der Waals surface area contributed by atoms with Crippen LogP contribution in [-0.4, -0.2) is 28.2 Å². The van der Waals surface area contributed by atoms with E-state index in [9.17, 15) is 9.59 Å². The average Bonchev–Trinajstić information content (AvgIpc) is 2.95. The number of aromatic nitrogens is 2. The molecule has 0 aliphatic heterocycles. The molecule has 0 spiro atoms. The number of hydrogen-bond acceptors (Lipinski definition) is 5. The molecule has 0 fully saturated rings. The van der Waals surface area contributed by atoms with Gasteiger partial charge < -0.3 is 10.3 Å². The highest BCUT2D eigenvalue weighted by Crippen LogP contribution is 2.09. The molecular formula is C13H15N5O2. The van der Waals surface area contributed by atoms with Gasteiger partial charge in [-0.05, 0) is 19.1 Å². The van der Waals surface area contributed by atoms with Gasteiger partial charge in [-0.2, -0.15) is 0 Å². The van der Waals surface area contributed by atoms with E-state index in [0.29, 0.717) is 0 Å². The van der Waals surface area contributed by atoms with Gasteiger partial charge in [0.15, 0.2) is 0 Å². The summed E-state index contributed by atoms with van der Waals surface area (Å²) in [5, 5.41) is 2.98. The predicted molar refractivity (Wildman–Crippen MR) is 74.2 cm³/mol. The molecule has 0 atom stereocenters. The summed E-state index contributed by atoms with van der Waals surface area (Å²) in [6, 6.07) is 7.63. The van der Waals surface area contributed by atoms with Gasteiger partial charge in [0.05, 0.1) is 12.9 Å². The zero-order valence-electron chi connectivity index (χ0n) is 10.9. The molecule has 0 saturated carbocycles. The molecule has 2 aromatic rings. The number of aromatic amines is 1. The fraction of sp³-hybridized carbons (Fsp3) is 0.154. The number of benzene rings is 1. The number of ketones is 1. The van der Waals surface area contributed by atoms with Gasteiger partial charge in [-0.25, -0.2) is 10.8 Å². The molecule has 0 bridgehead atoms. The van der Waals surface area contributed by atoms with Crippen molar-refractivity contribution in [3.8, 4) is 0 Å². The van der Waals surface area contributed by atoms with Crippen LogP contribution in [0.3, 0.4) is 0 Å². The van der Waals surface area contributed by atoms with E-state index in [1.165, 1.54) is 6.33 Å². The minimum Gasteiger partial charge on any atom is -0.378 e. The molecule has 1 heterocycles. The van der Waals surface area contributed by atoms with Gasteiger partial charge in [0, 0.05) is 5.69 Å². The normalized spacial score (nSPS) is 10.1. The molecule has 1 aromatic carbocycles. The van der Waals surface area contributed by atoms with E-state index in [0.717, 1.165) is 11.3 Å². The monoisotopic (exact) mass is 273 g/mol. The Hall–Kier alpha value is -2.67. The first-order valence-electron chi connectivity index (χ1n) is 6.00. The van der Waals surface area contributed by atoms with Crippen LogP contribution in [0.5, 0.6) is 0 Å². The van der Waals surface area contributed by atoms with Gasteiger partial charge in [-0.15, -0.1) is 0 Å².